The highest BCUT2D eigenvalue weighted by molar-refractivity contribution is 5.76. The number of hydrogen-bond donors (Lipinski definition) is 0. The summed E-state index contributed by atoms with van der Waals surface area (Å²) in [5.74, 6) is 3.08. The summed E-state index contributed by atoms with van der Waals surface area (Å²) < 4.78 is 7.79. The number of amides is 1. The van der Waals surface area contributed by atoms with Gasteiger partial charge in [-0.3, -0.25) is 4.79 Å². The largest absolute Gasteiger partial charge is 0.493 e. The topological polar surface area (TPSA) is 60.2 Å². The fourth-order valence-corrected chi connectivity index (χ4v) is 3.08. The molecule has 24 heavy (non-hydrogen) atoms. The molecule has 2 heterocycles. The number of ether oxygens (including phenoxy) is 1. The van der Waals surface area contributed by atoms with E-state index in [-0.39, 0.29) is 11.9 Å². The molecule has 0 radical (unpaired) electrons. The number of benzene rings is 1. The molecule has 0 N–H and O–H groups in total. The summed E-state index contributed by atoms with van der Waals surface area (Å²) in [6.45, 7) is 7.93. The van der Waals surface area contributed by atoms with Crippen LogP contribution in [0.3, 0.4) is 0 Å². The Labute approximate surface area is 142 Å². The molecule has 2 aromatic rings. The van der Waals surface area contributed by atoms with Crippen LogP contribution < -0.4 is 4.74 Å². The molecule has 6 heteroatoms. The van der Waals surface area contributed by atoms with Gasteiger partial charge in [-0.15, -0.1) is 10.2 Å². The van der Waals surface area contributed by atoms with Crippen molar-refractivity contribution in [3.8, 4) is 5.75 Å². The first kappa shape index (κ1) is 16.5. The minimum Gasteiger partial charge on any atom is -0.493 e. The lowest BCUT2D eigenvalue weighted by atomic mass is 10.1. The van der Waals surface area contributed by atoms with E-state index in [0.717, 1.165) is 17.4 Å². The van der Waals surface area contributed by atoms with E-state index in [4.69, 9.17) is 4.74 Å². The second-order valence-electron chi connectivity index (χ2n) is 6.53. The molecule has 1 aliphatic rings. The number of fused-ring (bicyclic) bond motifs is 1. The van der Waals surface area contributed by atoms with Crippen LogP contribution in [0.15, 0.2) is 30.3 Å². The highest BCUT2D eigenvalue weighted by Crippen LogP contribution is 2.25. The molecule has 0 unspecified atom stereocenters. The first-order valence-electron chi connectivity index (χ1n) is 8.45. The Kier molecular flexibility index (Phi) is 4.83. The maximum atomic E-state index is 12.5. The molecular formula is C18H24N4O2. The average molecular weight is 328 g/mol. The number of carbonyl (C=O) groups excluding carboxylic acids is 1. The Bertz CT molecular complexity index is 696. The average Bonchev–Trinajstić information content (AvgIpc) is 3.00. The summed E-state index contributed by atoms with van der Waals surface area (Å²) in [5.41, 5.74) is 0. The lowest BCUT2D eigenvalue weighted by molar-refractivity contribution is -0.133. The Morgan fingerprint density at radius 2 is 2.04 bits per heavy atom. The summed E-state index contributed by atoms with van der Waals surface area (Å²) in [6.07, 6.45) is 0.368. The number of hydrogen-bond acceptors (Lipinski definition) is 4. The van der Waals surface area contributed by atoms with Gasteiger partial charge in [0.05, 0.1) is 25.6 Å². The second-order valence-corrected chi connectivity index (χ2v) is 6.53. The van der Waals surface area contributed by atoms with Gasteiger partial charge in [-0.1, -0.05) is 32.0 Å². The number of aromatic nitrogens is 3. The van der Waals surface area contributed by atoms with Crippen LogP contribution in [0.2, 0.25) is 0 Å². The van der Waals surface area contributed by atoms with Crippen LogP contribution >= 0.6 is 0 Å². The van der Waals surface area contributed by atoms with Crippen LogP contribution in [0.5, 0.6) is 5.75 Å². The van der Waals surface area contributed by atoms with Crippen molar-refractivity contribution in [3.05, 3.63) is 42.0 Å². The molecule has 1 aliphatic heterocycles. The van der Waals surface area contributed by atoms with Gasteiger partial charge in [0.1, 0.15) is 11.6 Å². The lowest BCUT2D eigenvalue weighted by Crippen LogP contribution is -2.41. The minimum absolute atomic E-state index is 0.0955. The number of rotatable bonds is 5. The predicted molar refractivity (Wildman–Crippen MR) is 90.8 cm³/mol. The van der Waals surface area contributed by atoms with Crippen LogP contribution in [-0.4, -0.2) is 38.7 Å². The second kappa shape index (κ2) is 7.03. The Hall–Kier alpha value is -2.37. The van der Waals surface area contributed by atoms with E-state index < -0.39 is 0 Å². The molecule has 1 aromatic carbocycles. The highest BCUT2D eigenvalue weighted by Gasteiger charge is 2.29. The van der Waals surface area contributed by atoms with Crippen molar-refractivity contribution in [2.75, 3.05) is 13.2 Å². The van der Waals surface area contributed by atoms with Crippen molar-refractivity contribution < 1.29 is 9.53 Å². The molecule has 1 amide bonds. The fraction of sp³-hybridized carbons (Fsp3) is 0.500. The molecule has 0 saturated carbocycles. The van der Waals surface area contributed by atoms with Crippen LogP contribution in [0.1, 0.15) is 50.8 Å². The molecule has 1 aromatic heterocycles. The predicted octanol–water partition coefficient (Wildman–Crippen LogP) is 2.77. The third kappa shape index (κ3) is 3.42. The molecule has 0 bridgehead atoms. The first-order chi connectivity index (χ1) is 11.6. The Balaban J connectivity index is 1.58. The van der Waals surface area contributed by atoms with E-state index >= 15 is 0 Å². The summed E-state index contributed by atoms with van der Waals surface area (Å²) in [7, 11) is 0. The molecule has 0 spiro atoms. The van der Waals surface area contributed by atoms with E-state index in [1.807, 2.05) is 35.2 Å². The van der Waals surface area contributed by atoms with Crippen molar-refractivity contribution in [3.63, 3.8) is 0 Å². The third-order valence-electron chi connectivity index (χ3n) is 4.25. The van der Waals surface area contributed by atoms with E-state index in [1.165, 1.54) is 0 Å². The molecule has 6 nitrogen and oxygen atoms in total. The van der Waals surface area contributed by atoms with Crippen LogP contribution in [-0.2, 0) is 11.3 Å². The summed E-state index contributed by atoms with van der Waals surface area (Å²) in [4.78, 5) is 14.3. The van der Waals surface area contributed by atoms with E-state index in [2.05, 4.69) is 35.5 Å². The van der Waals surface area contributed by atoms with Crippen molar-refractivity contribution in [2.45, 2.75) is 45.7 Å². The standard InChI is InChI=1S/C18H24N4O2/c1-13(2)18-20-19-16-12-21(11-14(3)22(16)18)17(23)9-10-24-15-7-5-4-6-8-15/h4-8,13-14H,9-12H2,1-3H3/t14-/m0/s1. The summed E-state index contributed by atoms with van der Waals surface area (Å²) in [6, 6.07) is 9.76. The summed E-state index contributed by atoms with van der Waals surface area (Å²) in [5, 5.41) is 8.57. The maximum absolute atomic E-state index is 12.5. The zero-order valence-electron chi connectivity index (χ0n) is 14.5. The number of carbonyl (C=O) groups is 1. The van der Waals surface area contributed by atoms with Crippen molar-refractivity contribution in [1.82, 2.24) is 19.7 Å². The normalized spacial score (nSPS) is 17.0. The number of para-hydroxylation sites is 1. The van der Waals surface area contributed by atoms with E-state index in [0.29, 0.717) is 32.0 Å². The molecular weight excluding hydrogens is 304 g/mol. The quantitative estimate of drug-likeness (QED) is 0.847. The molecule has 0 saturated heterocycles. The Morgan fingerprint density at radius 1 is 1.29 bits per heavy atom. The third-order valence-corrected chi connectivity index (χ3v) is 4.25. The molecule has 0 fully saturated rings. The van der Waals surface area contributed by atoms with Crippen molar-refractivity contribution in [1.29, 1.82) is 0 Å². The zero-order valence-corrected chi connectivity index (χ0v) is 14.5. The van der Waals surface area contributed by atoms with Crippen LogP contribution in [0.25, 0.3) is 0 Å². The molecule has 1 atom stereocenters. The smallest absolute Gasteiger partial charge is 0.226 e. The fourth-order valence-electron chi connectivity index (χ4n) is 3.08. The number of nitrogens with zero attached hydrogens (tertiary/aromatic N) is 4. The van der Waals surface area contributed by atoms with Crippen molar-refractivity contribution in [2.24, 2.45) is 0 Å². The van der Waals surface area contributed by atoms with Gasteiger partial charge in [0.25, 0.3) is 0 Å². The van der Waals surface area contributed by atoms with Crippen LogP contribution in [0, 0.1) is 0 Å². The molecule has 0 aliphatic carbocycles. The van der Waals surface area contributed by atoms with E-state index in [9.17, 15) is 4.79 Å². The van der Waals surface area contributed by atoms with Gasteiger partial charge >= 0.3 is 0 Å². The van der Waals surface area contributed by atoms with Crippen molar-refractivity contribution >= 4 is 5.91 Å². The maximum Gasteiger partial charge on any atom is 0.226 e. The van der Waals surface area contributed by atoms with Gasteiger partial charge in [-0.2, -0.15) is 0 Å². The van der Waals surface area contributed by atoms with Gasteiger partial charge in [0, 0.05) is 12.5 Å². The van der Waals surface area contributed by atoms with Gasteiger partial charge in [0.2, 0.25) is 5.91 Å². The van der Waals surface area contributed by atoms with E-state index in [1.54, 1.807) is 0 Å². The lowest BCUT2D eigenvalue weighted by Gasteiger charge is -2.33. The van der Waals surface area contributed by atoms with Gasteiger partial charge in [0.15, 0.2) is 5.82 Å². The minimum atomic E-state index is 0.0955. The first-order valence-corrected chi connectivity index (χ1v) is 8.45. The monoisotopic (exact) mass is 328 g/mol. The SMILES string of the molecule is CC(C)c1nnc2n1[C@@H](C)CN(C(=O)CCOc1ccccc1)C2. The molecule has 128 valence electrons. The highest BCUT2D eigenvalue weighted by atomic mass is 16.5. The van der Waals surface area contributed by atoms with Gasteiger partial charge < -0.3 is 14.2 Å². The molecule has 3 rings (SSSR count). The Morgan fingerprint density at radius 3 is 2.75 bits per heavy atom. The van der Waals surface area contributed by atoms with Crippen LogP contribution in [0.4, 0.5) is 0 Å². The van der Waals surface area contributed by atoms with Gasteiger partial charge in [-0.25, -0.2) is 0 Å². The summed E-state index contributed by atoms with van der Waals surface area (Å²) >= 11 is 0. The zero-order chi connectivity index (χ0) is 17.1. The van der Waals surface area contributed by atoms with Gasteiger partial charge in [-0.05, 0) is 19.1 Å².